The maximum Gasteiger partial charge on any atom is 0.490 e. The summed E-state index contributed by atoms with van der Waals surface area (Å²) in [6, 6.07) is 2.19. The third-order valence-electron chi connectivity index (χ3n) is 5.09. The highest BCUT2D eigenvalue weighted by Gasteiger charge is 2.50. The molecule has 2 aliphatic rings. The van der Waals surface area contributed by atoms with Crippen LogP contribution in [0.2, 0.25) is 0 Å². The fraction of sp³-hybridized carbons (Fsp3) is 0.500. The van der Waals surface area contributed by atoms with Crippen molar-refractivity contribution in [3.8, 4) is 0 Å². The number of hydrogen-bond acceptors (Lipinski definition) is 7. The number of alkyl halides is 3. The quantitative estimate of drug-likeness (QED) is 0.709. The van der Waals surface area contributed by atoms with Crippen molar-refractivity contribution in [3.63, 3.8) is 0 Å². The van der Waals surface area contributed by atoms with Crippen LogP contribution in [0, 0.1) is 11.3 Å². The second-order valence-electron chi connectivity index (χ2n) is 7.23. The average molecular weight is 464 g/mol. The number of carboxylic acids is 1. The van der Waals surface area contributed by atoms with Crippen LogP contribution in [0.1, 0.15) is 16.1 Å². The van der Waals surface area contributed by atoms with Gasteiger partial charge in [-0.2, -0.15) is 24.5 Å². The zero-order valence-electron chi connectivity index (χ0n) is 15.7. The minimum absolute atomic E-state index is 0.0434. The Balaban J connectivity index is 0.000000318. The molecule has 2 aliphatic heterocycles. The highest BCUT2D eigenvalue weighted by Crippen LogP contribution is 2.41. The average Bonchev–Trinajstić information content (AvgIpc) is 3.44. The third-order valence-corrected chi connectivity index (χ3v) is 6.40. The molecule has 164 valence electrons. The lowest BCUT2D eigenvalue weighted by Gasteiger charge is -2.27. The Morgan fingerprint density at radius 2 is 2.13 bits per heavy atom. The molecule has 0 spiro atoms. The highest BCUT2D eigenvalue weighted by molar-refractivity contribution is 7.08. The number of carbonyl (C=O) groups excluding carboxylic acids is 1. The third kappa shape index (κ3) is 5.56. The summed E-state index contributed by atoms with van der Waals surface area (Å²) < 4.78 is 37.5. The van der Waals surface area contributed by atoms with Crippen molar-refractivity contribution in [2.75, 3.05) is 32.8 Å². The smallest absolute Gasteiger partial charge is 0.475 e. The lowest BCUT2D eigenvalue weighted by Crippen LogP contribution is -2.43. The Kier molecular flexibility index (Phi) is 7.11. The van der Waals surface area contributed by atoms with Crippen molar-refractivity contribution in [2.45, 2.75) is 12.7 Å². The van der Waals surface area contributed by atoms with Gasteiger partial charge in [-0.1, -0.05) is 0 Å². The Bertz CT molecular complexity index is 845. The molecule has 0 radical (unpaired) electrons. The lowest BCUT2D eigenvalue weighted by atomic mass is 9.81. The van der Waals surface area contributed by atoms with E-state index in [9.17, 15) is 18.0 Å². The summed E-state index contributed by atoms with van der Waals surface area (Å²) in [5.74, 6) is -2.34. The van der Waals surface area contributed by atoms with Crippen LogP contribution in [-0.2, 0) is 16.1 Å². The van der Waals surface area contributed by atoms with Crippen LogP contribution in [0.15, 0.2) is 27.7 Å². The van der Waals surface area contributed by atoms with Crippen LogP contribution in [0.4, 0.5) is 13.2 Å². The molecule has 7 nitrogen and oxygen atoms in total. The largest absolute Gasteiger partial charge is 0.490 e. The van der Waals surface area contributed by atoms with Crippen molar-refractivity contribution in [2.24, 2.45) is 11.3 Å². The molecule has 2 aromatic heterocycles. The van der Waals surface area contributed by atoms with Gasteiger partial charge in [0, 0.05) is 42.9 Å². The number of aromatic nitrogens is 1. The minimum atomic E-state index is -5.08. The number of ether oxygens (including phenoxy) is 1. The van der Waals surface area contributed by atoms with E-state index in [0.717, 1.165) is 32.8 Å². The Morgan fingerprint density at radius 3 is 2.73 bits per heavy atom. The number of nitrogens with one attached hydrogen (secondary N) is 1. The van der Waals surface area contributed by atoms with Crippen LogP contribution >= 0.6 is 22.7 Å². The molecule has 4 heterocycles. The molecule has 2 fully saturated rings. The van der Waals surface area contributed by atoms with Crippen molar-refractivity contribution < 1.29 is 32.6 Å². The molecule has 2 atom stereocenters. The van der Waals surface area contributed by atoms with Gasteiger partial charge in [0.15, 0.2) is 0 Å². The summed E-state index contributed by atoms with van der Waals surface area (Å²) in [5.41, 5.74) is 3.61. The standard InChI is InChI=1S/C16H19N3O2S2.C2HF3O2/c20-15(14-7-23-11-18-14)17-8-16-9-19(3-12-1-2-22-6-12)4-13(16)5-21-10-16;3-2(4,5)1(6)7/h1-2,6-7,11,13H,3-5,8-10H2,(H,17,20);(H,6,7)/t13-,16+;/m1./s1. The topological polar surface area (TPSA) is 91.8 Å². The molecule has 0 unspecified atom stereocenters. The summed E-state index contributed by atoms with van der Waals surface area (Å²) in [6.07, 6.45) is -5.08. The second-order valence-corrected chi connectivity index (χ2v) is 8.73. The number of thiophene rings is 1. The maximum atomic E-state index is 12.2. The predicted octanol–water partition coefficient (Wildman–Crippen LogP) is 2.72. The van der Waals surface area contributed by atoms with Gasteiger partial charge in [-0.15, -0.1) is 11.3 Å². The van der Waals surface area contributed by atoms with Gasteiger partial charge in [0.1, 0.15) is 5.69 Å². The van der Waals surface area contributed by atoms with Crippen molar-refractivity contribution in [1.29, 1.82) is 0 Å². The first-order valence-corrected chi connectivity index (χ1v) is 10.9. The summed E-state index contributed by atoms with van der Waals surface area (Å²) >= 11 is 3.18. The predicted molar refractivity (Wildman–Crippen MR) is 104 cm³/mol. The van der Waals surface area contributed by atoms with E-state index in [1.807, 2.05) is 0 Å². The molecule has 2 N–H and O–H groups in total. The van der Waals surface area contributed by atoms with Gasteiger partial charge in [-0.3, -0.25) is 9.69 Å². The number of carbonyl (C=O) groups is 2. The van der Waals surface area contributed by atoms with Crippen LogP contribution in [-0.4, -0.2) is 65.9 Å². The number of aliphatic carboxylic acids is 1. The lowest BCUT2D eigenvalue weighted by molar-refractivity contribution is -0.192. The van der Waals surface area contributed by atoms with E-state index < -0.39 is 12.1 Å². The van der Waals surface area contributed by atoms with E-state index >= 15 is 0 Å². The number of carboxylic acid groups (broad SMARTS) is 1. The van der Waals surface area contributed by atoms with Gasteiger partial charge in [0.25, 0.3) is 5.91 Å². The monoisotopic (exact) mass is 463 g/mol. The molecule has 0 aromatic carbocycles. The summed E-state index contributed by atoms with van der Waals surface area (Å²) in [5, 5.41) is 16.3. The number of fused-ring (bicyclic) bond motifs is 1. The first kappa shape index (κ1) is 22.7. The summed E-state index contributed by atoms with van der Waals surface area (Å²) in [4.78, 5) is 27.6. The molecule has 0 bridgehead atoms. The van der Waals surface area contributed by atoms with Gasteiger partial charge < -0.3 is 15.2 Å². The molecular weight excluding hydrogens is 443 g/mol. The molecule has 30 heavy (non-hydrogen) atoms. The van der Waals surface area contributed by atoms with Crippen molar-refractivity contribution in [3.05, 3.63) is 39.0 Å². The first-order valence-electron chi connectivity index (χ1n) is 8.97. The number of nitrogens with zero attached hydrogens (tertiary/aromatic N) is 2. The number of likely N-dealkylation sites (tertiary alicyclic amines) is 1. The SMILES string of the molecule is O=C(NC[C@]12COC[C@H]1CN(Cc1ccsc1)C2)c1cscn1.O=C(O)C(F)(F)F. The zero-order chi connectivity index (χ0) is 21.8. The molecule has 0 aliphatic carbocycles. The van der Waals surface area contributed by atoms with Gasteiger partial charge in [-0.25, -0.2) is 9.78 Å². The van der Waals surface area contributed by atoms with E-state index in [1.54, 1.807) is 22.2 Å². The Labute approximate surface area is 178 Å². The van der Waals surface area contributed by atoms with Gasteiger partial charge in [-0.05, 0) is 22.4 Å². The molecule has 2 aromatic rings. The number of amides is 1. The van der Waals surface area contributed by atoms with E-state index in [2.05, 4.69) is 32.0 Å². The second kappa shape index (κ2) is 9.41. The number of thiazole rings is 1. The highest BCUT2D eigenvalue weighted by atomic mass is 32.1. The number of hydrogen-bond donors (Lipinski definition) is 2. The van der Waals surface area contributed by atoms with E-state index in [-0.39, 0.29) is 11.3 Å². The minimum Gasteiger partial charge on any atom is -0.475 e. The van der Waals surface area contributed by atoms with E-state index in [0.29, 0.717) is 18.2 Å². The van der Waals surface area contributed by atoms with Gasteiger partial charge in [0.2, 0.25) is 0 Å². The molecule has 4 rings (SSSR count). The van der Waals surface area contributed by atoms with Gasteiger partial charge in [0.05, 0.1) is 18.7 Å². The fourth-order valence-electron chi connectivity index (χ4n) is 3.63. The molecule has 12 heteroatoms. The van der Waals surface area contributed by atoms with Crippen molar-refractivity contribution >= 4 is 34.6 Å². The number of rotatable bonds is 5. The maximum absolute atomic E-state index is 12.2. The summed E-state index contributed by atoms with van der Waals surface area (Å²) in [7, 11) is 0. The van der Waals surface area contributed by atoms with Crippen LogP contribution in [0.5, 0.6) is 0 Å². The molecule has 0 saturated carbocycles. The molecule has 1 amide bonds. The zero-order valence-corrected chi connectivity index (χ0v) is 17.4. The van der Waals surface area contributed by atoms with Gasteiger partial charge >= 0.3 is 12.1 Å². The van der Waals surface area contributed by atoms with Crippen molar-refractivity contribution in [1.82, 2.24) is 15.2 Å². The summed E-state index contributed by atoms with van der Waals surface area (Å²) in [6.45, 7) is 5.20. The van der Waals surface area contributed by atoms with E-state index in [4.69, 9.17) is 14.6 Å². The molecule has 2 saturated heterocycles. The van der Waals surface area contributed by atoms with Crippen LogP contribution in [0.25, 0.3) is 0 Å². The van der Waals surface area contributed by atoms with Crippen LogP contribution < -0.4 is 5.32 Å². The van der Waals surface area contributed by atoms with Crippen LogP contribution in [0.3, 0.4) is 0 Å². The Morgan fingerprint density at radius 1 is 1.37 bits per heavy atom. The Hall–Kier alpha value is -2.02. The van der Waals surface area contributed by atoms with E-state index in [1.165, 1.54) is 16.9 Å². The number of halogens is 3. The normalized spacial score (nSPS) is 23.5. The molecular formula is C18H20F3N3O4S2. The fourth-order valence-corrected chi connectivity index (χ4v) is 4.82. The first-order chi connectivity index (χ1) is 14.2.